The van der Waals surface area contributed by atoms with Crippen LogP contribution in [-0.2, 0) is 0 Å². The standard InChI is InChI=1S/C19H17IN4O3/c1-10-8-12(21)9-14(20)16(10)23-18(26)22-24(19(23)27)17-13-5-3-2-4-11(13)6-7-15(17)25/h2-9,19,25,27H,21H2,1H3,(H,22,26). The molecule has 27 heavy (non-hydrogen) atoms. The summed E-state index contributed by atoms with van der Waals surface area (Å²) in [6, 6.07) is 13.7. The molecule has 0 bridgehead atoms. The Morgan fingerprint density at radius 2 is 1.89 bits per heavy atom. The number of carbonyl (C=O) groups excluding carboxylic acids is 1. The van der Waals surface area contributed by atoms with Crippen LogP contribution in [0.25, 0.3) is 10.8 Å². The van der Waals surface area contributed by atoms with Crippen LogP contribution >= 0.6 is 22.6 Å². The van der Waals surface area contributed by atoms with Crippen molar-refractivity contribution in [1.29, 1.82) is 0 Å². The zero-order chi connectivity index (χ0) is 19.3. The molecule has 1 atom stereocenters. The summed E-state index contributed by atoms with van der Waals surface area (Å²) < 4.78 is 0.739. The van der Waals surface area contributed by atoms with E-state index in [4.69, 9.17) is 5.73 Å². The SMILES string of the molecule is Cc1cc(N)cc(I)c1N1C(=O)NN(c2c(O)ccc3ccccc23)C1O. The number of aryl methyl sites for hydroxylation is 1. The number of anilines is 3. The van der Waals surface area contributed by atoms with Crippen LogP contribution in [0.5, 0.6) is 5.75 Å². The maximum absolute atomic E-state index is 12.7. The zero-order valence-corrected chi connectivity index (χ0v) is 16.5. The van der Waals surface area contributed by atoms with Crippen molar-refractivity contribution in [2.24, 2.45) is 0 Å². The van der Waals surface area contributed by atoms with Gasteiger partial charge in [-0.05, 0) is 58.7 Å². The lowest BCUT2D eigenvalue weighted by Gasteiger charge is -2.27. The second-order valence-electron chi connectivity index (χ2n) is 6.33. The van der Waals surface area contributed by atoms with Gasteiger partial charge in [-0.25, -0.2) is 20.1 Å². The van der Waals surface area contributed by atoms with Gasteiger partial charge in [0.25, 0.3) is 0 Å². The summed E-state index contributed by atoms with van der Waals surface area (Å²) in [5.74, 6) is -0.0429. The first-order chi connectivity index (χ1) is 12.9. The average molecular weight is 476 g/mol. The van der Waals surface area contributed by atoms with Crippen LogP contribution in [-0.4, -0.2) is 22.6 Å². The number of aromatic hydroxyl groups is 1. The van der Waals surface area contributed by atoms with Crippen LogP contribution in [0.3, 0.4) is 0 Å². The summed E-state index contributed by atoms with van der Waals surface area (Å²) >= 11 is 2.08. The number of aliphatic hydroxyl groups is 1. The van der Waals surface area contributed by atoms with Gasteiger partial charge in [0.2, 0.25) is 6.35 Å². The third kappa shape index (κ3) is 2.81. The predicted octanol–water partition coefficient (Wildman–Crippen LogP) is 3.27. The molecule has 3 aromatic carbocycles. The predicted molar refractivity (Wildman–Crippen MR) is 113 cm³/mol. The number of halogens is 1. The fourth-order valence-corrected chi connectivity index (χ4v) is 4.43. The molecule has 0 saturated carbocycles. The summed E-state index contributed by atoms with van der Waals surface area (Å²) in [5.41, 5.74) is 10.8. The fraction of sp³-hybridized carbons (Fsp3) is 0.105. The van der Waals surface area contributed by atoms with Gasteiger partial charge in [0.15, 0.2) is 0 Å². The molecule has 138 valence electrons. The highest BCUT2D eigenvalue weighted by atomic mass is 127. The topological polar surface area (TPSA) is 102 Å². The minimum absolute atomic E-state index is 0.0429. The Labute approximate surface area is 169 Å². The molecule has 1 aliphatic heterocycles. The molecule has 0 aromatic heterocycles. The summed E-state index contributed by atoms with van der Waals surface area (Å²) in [5, 5.41) is 24.2. The molecular formula is C19H17IN4O3. The second kappa shape index (κ2) is 6.46. The average Bonchev–Trinajstić information content (AvgIpc) is 2.89. The number of amides is 2. The number of urea groups is 1. The fourth-order valence-electron chi connectivity index (χ4n) is 3.39. The van der Waals surface area contributed by atoms with E-state index in [1.165, 1.54) is 16.0 Å². The Kier molecular flexibility index (Phi) is 4.23. The van der Waals surface area contributed by atoms with Crippen LogP contribution in [0.1, 0.15) is 5.56 Å². The number of nitrogens with one attached hydrogen (secondary N) is 1. The Morgan fingerprint density at radius 1 is 1.15 bits per heavy atom. The maximum atomic E-state index is 12.7. The number of rotatable bonds is 2. The van der Waals surface area contributed by atoms with Crippen molar-refractivity contribution in [3.63, 3.8) is 0 Å². The third-order valence-corrected chi connectivity index (χ3v) is 5.36. The Morgan fingerprint density at radius 3 is 2.63 bits per heavy atom. The van der Waals surface area contributed by atoms with E-state index in [9.17, 15) is 15.0 Å². The highest BCUT2D eigenvalue weighted by Gasteiger charge is 2.40. The maximum Gasteiger partial charge on any atom is 0.344 e. The number of benzene rings is 3. The minimum Gasteiger partial charge on any atom is -0.506 e. The van der Waals surface area contributed by atoms with Crippen molar-refractivity contribution >= 4 is 56.5 Å². The number of hydrogen-bond donors (Lipinski definition) is 4. The van der Waals surface area contributed by atoms with Crippen molar-refractivity contribution in [1.82, 2.24) is 5.43 Å². The number of nitrogens with two attached hydrogens (primary N) is 1. The van der Waals surface area contributed by atoms with Gasteiger partial charge in [0, 0.05) is 14.6 Å². The minimum atomic E-state index is -1.34. The van der Waals surface area contributed by atoms with E-state index in [1.807, 2.05) is 31.2 Å². The number of aliphatic hydroxyl groups excluding tert-OH is 1. The lowest BCUT2D eigenvalue weighted by molar-refractivity contribution is 0.183. The van der Waals surface area contributed by atoms with E-state index in [2.05, 4.69) is 28.0 Å². The van der Waals surface area contributed by atoms with Gasteiger partial charge in [0.1, 0.15) is 11.4 Å². The number of hydrogen-bond acceptors (Lipinski definition) is 5. The molecule has 7 nitrogen and oxygen atoms in total. The van der Waals surface area contributed by atoms with Crippen LogP contribution in [0.15, 0.2) is 48.5 Å². The van der Waals surface area contributed by atoms with Gasteiger partial charge in [-0.3, -0.25) is 0 Å². The number of nitrogens with zero attached hydrogens (tertiary/aromatic N) is 2. The van der Waals surface area contributed by atoms with E-state index < -0.39 is 12.4 Å². The lowest BCUT2D eigenvalue weighted by Crippen LogP contribution is -2.41. The molecule has 1 fully saturated rings. The van der Waals surface area contributed by atoms with Crippen molar-refractivity contribution in [3.05, 3.63) is 57.7 Å². The number of nitrogen functional groups attached to an aromatic ring is 1. The molecule has 4 rings (SSSR count). The Bertz CT molecular complexity index is 1050. The smallest absolute Gasteiger partial charge is 0.344 e. The highest BCUT2D eigenvalue weighted by molar-refractivity contribution is 14.1. The van der Waals surface area contributed by atoms with Crippen LogP contribution in [0.2, 0.25) is 0 Å². The number of phenolic OH excluding ortho intramolecular Hbond substituents is 1. The van der Waals surface area contributed by atoms with E-state index in [0.29, 0.717) is 22.4 Å². The molecular weight excluding hydrogens is 459 g/mol. The highest BCUT2D eigenvalue weighted by Crippen LogP contribution is 2.39. The molecule has 5 N–H and O–H groups in total. The first-order valence-electron chi connectivity index (χ1n) is 8.22. The molecule has 2 amide bonds. The molecule has 8 heteroatoms. The third-order valence-electron chi connectivity index (χ3n) is 4.53. The summed E-state index contributed by atoms with van der Waals surface area (Å²) in [6.07, 6.45) is -1.34. The van der Waals surface area contributed by atoms with Crippen molar-refractivity contribution in [2.75, 3.05) is 15.6 Å². The van der Waals surface area contributed by atoms with E-state index >= 15 is 0 Å². The van der Waals surface area contributed by atoms with Crippen molar-refractivity contribution < 1.29 is 15.0 Å². The van der Waals surface area contributed by atoms with Gasteiger partial charge < -0.3 is 15.9 Å². The number of fused-ring (bicyclic) bond motifs is 1. The van der Waals surface area contributed by atoms with Crippen LogP contribution < -0.4 is 21.1 Å². The van der Waals surface area contributed by atoms with Gasteiger partial charge >= 0.3 is 6.03 Å². The molecule has 1 heterocycles. The molecule has 1 unspecified atom stereocenters. The van der Waals surface area contributed by atoms with Crippen LogP contribution in [0, 0.1) is 10.5 Å². The zero-order valence-electron chi connectivity index (χ0n) is 14.3. The monoisotopic (exact) mass is 476 g/mol. The number of hydrazine groups is 1. The van der Waals surface area contributed by atoms with Gasteiger partial charge in [-0.15, -0.1) is 0 Å². The molecule has 3 aromatic rings. The largest absolute Gasteiger partial charge is 0.506 e. The quantitative estimate of drug-likeness (QED) is 0.336. The van der Waals surface area contributed by atoms with Gasteiger partial charge in [-0.1, -0.05) is 30.3 Å². The van der Waals surface area contributed by atoms with Crippen LogP contribution in [0.4, 0.5) is 21.9 Å². The van der Waals surface area contributed by atoms with Crippen molar-refractivity contribution in [2.45, 2.75) is 13.3 Å². The van der Waals surface area contributed by atoms with E-state index in [-0.39, 0.29) is 5.75 Å². The Hall–Kier alpha value is -2.72. The molecule has 1 aliphatic rings. The molecule has 0 radical (unpaired) electrons. The molecule has 0 spiro atoms. The first-order valence-corrected chi connectivity index (χ1v) is 9.30. The number of phenols is 1. The van der Waals surface area contributed by atoms with E-state index in [1.54, 1.807) is 18.2 Å². The van der Waals surface area contributed by atoms with Crippen molar-refractivity contribution in [3.8, 4) is 5.75 Å². The van der Waals surface area contributed by atoms with Gasteiger partial charge in [0.05, 0.1) is 5.69 Å². The summed E-state index contributed by atoms with van der Waals surface area (Å²) in [4.78, 5) is 14.0. The normalized spacial score (nSPS) is 16.9. The first kappa shape index (κ1) is 17.7. The lowest BCUT2D eigenvalue weighted by atomic mass is 10.1. The molecule has 0 aliphatic carbocycles. The second-order valence-corrected chi connectivity index (χ2v) is 7.49. The summed E-state index contributed by atoms with van der Waals surface area (Å²) in [6.45, 7) is 1.83. The number of carbonyl (C=O) groups is 1. The summed E-state index contributed by atoms with van der Waals surface area (Å²) in [7, 11) is 0. The Balaban J connectivity index is 1.84. The van der Waals surface area contributed by atoms with Gasteiger partial charge in [-0.2, -0.15) is 0 Å². The van der Waals surface area contributed by atoms with E-state index in [0.717, 1.165) is 14.5 Å². The molecule has 1 saturated heterocycles.